The maximum absolute atomic E-state index is 11.8. The van der Waals surface area contributed by atoms with Gasteiger partial charge in [0.05, 0.1) is 11.8 Å². The highest BCUT2D eigenvalue weighted by Crippen LogP contribution is 2.38. The van der Waals surface area contributed by atoms with Crippen LogP contribution in [-0.4, -0.2) is 77.8 Å². The molecule has 1 N–H and O–H groups in total. The molecular formula is C21H30F3N3O4. The predicted octanol–water partition coefficient (Wildman–Crippen LogP) is 2.73. The lowest BCUT2D eigenvalue weighted by atomic mass is 9.79. The van der Waals surface area contributed by atoms with Gasteiger partial charge in [-0.1, -0.05) is 12.5 Å². The Morgan fingerprint density at radius 2 is 1.94 bits per heavy atom. The van der Waals surface area contributed by atoms with Crippen LogP contribution in [0.2, 0.25) is 0 Å². The Kier molecular flexibility index (Phi) is 8.81. The molecule has 1 saturated heterocycles. The van der Waals surface area contributed by atoms with E-state index in [4.69, 9.17) is 14.6 Å². The molecule has 0 radical (unpaired) electrons. The van der Waals surface area contributed by atoms with Crippen molar-refractivity contribution in [3.8, 4) is 0 Å². The highest BCUT2D eigenvalue weighted by Gasteiger charge is 2.41. The molecule has 3 atom stereocenters. The number of amides is 1. The standard InChI is InChI=1S/C19H29N3O2.C2HF3O2/c1-14-6-4-8-16(20-14)11-22-10-15-7-5-9-18(17(15)12-22)24-13-19(23)21(2)3;3-2(4,5)1(6)7/h4,6,8,15,17-18H,5,7,9-13H2,1-3H3;(H,6,7)/t15-,17-,18-;/m1./s1. The van der Waals surface area contributed by atoms with Crippen LogP contribution in [0.25, 0.3) is 0 Å². The number of fused-ring (bicyclic) bond motifs is 1. The zero-order valence-corrected chi connectivity index (χ0v) is 18.1. The van der Waals surface area contributed by atoms with Crippen LogP contribution in [0.5, 0.6) is 0 Å². The van der Waals surface area contributed by atoms with E-state index in [1.165, 1.54) is 12.8 Å². The lowest BCUT2D eigenvalue weighted by molar-refractivity contribution is -0.192. The third kappa shape index (κ3) is 7.77. The van der Waals surface area contributed by atoms with Gasteiger partial charge in [-0.25, -0.2) is 4.79 Å². The quantitative estimate of drug-likeness (QED) is 0.751. The van der Waals surface area contributed by atoms with E-state index in [2.05, 4.69) is 22.0 Å². The lowest BCUT2D eigenvalue weighted by Crippen LogP contribution is -2.37. The molecule has 31 heavy (non-hydrogen) atoms. The Morgan fingerprint density at radius 3 is 2.52 bits per heavy atom. The van der Waals surface area contributed by atoms with E-state index < -0.39 is 12.1 Å². The van der Waals surface area contributed by atoms with Crippen LogP contribution in [0.15, 0.2) is 18.2 Å². The summed E-state index contributed by atoms with van der Waals surface area (Å²) in [6.45, 7) is 5.35. The monoisotopic (exact) mass is 445 g/mol. The van der Waals surface area contributed by atoms with Crippen molar-refractivity contribution in [1.29, 1.82) is 0 Å². The minimum absolute atomic E-state index is 0.0518. The van der Waals surface area contributed by atoms with E-state index in [1.807, 2.05) is 13.0 Å². The molecule has 0 unspecified atom stereocenters. The van der Waals surface area contributed by atoms with Crippen molar-refractivity contribution in [2.24, 2.45) is 11.8 Å². The average molecular weight is 445 g/mol. The molecule has 1 saturated carbocycles. The number of carboxylic acid groups (broad SMARTS) is 1. The lowest BCUT2D eigenvalue weighted by Gasteiger charge is -2.33. The number of aryl methyl sites for hydroxylation is 1. The van der Waals surface area contributed by atoms with Gasteiger partial charge in [0.2, 0.25) is 5.91 Å². The number of pyridine rings is 1. The molecule has 0 aromatic carbocycles. The minimum atomic E-state index is -5.08. The molecule has 10 heteroatoms. The number of likely N-dealkylation sites (tertiary alicyclic amines) is 1. The number of carbonyl (C=O) groups is 2. The van der Waals surface area contributed by atoms with Crippen molar-refractivity contribution in [3.63, 3.8) is 0 Å². The Hall–Kier alpha value is -2.20. The number of hydrogen-bond donors (Lipinski definition) is 1. The maximum atomic E-state index is 11.8. The second kappa shape index (κ2) is 10.9. The highest BCUT2D eigenvalue weighted by molar-refractivity contribution is 5.76. The number of rotatable bonds is 5. The van der Waals surface area contributed by atoms with Gasteiger partial charge in [-0.2, -0.15) is 13.2 Å². The molecular weight excluding hydrogens is 415 g/mol. The third-order valence-corrected chi connectivity index (χ3v) is 5.60. The number of aliphatic carboxylic acids is 1. The van der Waals surface area contributed by atoms with Crippen molar-refractivity contribution in [2.45, 2.75) is 45.0 Å². The first kappa shape index (κ1) is 25.1. The fourth-order valence-electron chi connectivity index (χ4n) is 4.07. The summed E-state index contributed by atoms with van der Waals surface area (Å²) >= 11 is 0. The van der Waals surface area contributed by atoms with E-state index in [0.29, 0.717) is 11.8 Å². The molecule has 1 aliphatic heterocycles. The molecule has 174 valence electrons. The molecule has 7 nitrogen and oxygen atoms in total. The molecule has 2 heterocycles. The first-order valence-electron chi connectivity index (χ1n) is 10.2. The molecule has 2 aliphatic rings. The Labute approximate surface area is 180 Å². The van der Waals surface area contributed by atoms with Crippen molar-refractivity contribution in [2.75, 3.05) is 33.8 Å². The summed E-state index contributed by atoms with van der Waals surface area (Å²) in [5, 5.41) is 7.12. The smallest absolute Gasteiger partial charge is 0.475 e. The van der Waals surface area contributed by atoms with E-state index in [1.54, 1.807) is 19.0 Å². The second-order valence-corrected chi connectivity index (χ2v) is 8.26. The Morgan fingerprint density at radius 1 is 1.26 bits per heavy atom. The third-order valence-electron chi connectivity index (χ3n) is 5.60. The highest BCUT2D eigenvalue weighted by atomic mass is 19.4. The molecule has 1 amide bonds. The first-order valence-corrected chi connectivity index (χ1v) is 10.2. The number of hydrogen-bond acceptors (Lipinski definition) is 5. The predicted molar refractivity (Wildman–Crippen MR) is 107 cm³/mol. The van der Waals surface area contributed by atoms with Crippen LogP contribution in [0.4, 0.5) is 13.2 Å². The Balaban J connectivity index is 0.000000423. The topological polar surface area (TPSA) is 83.0 Å². The van der Waals surface area contributed by atoms with Gasteiger partial charge in [-0.15, -0.1) is 0 Å². The fourth-order valence-corrected chi connectivity index (χ4v) is 4.07. The van der Waals surface area contributed by atoms with E-state index in [0.717, 1.165) is 37.4 Å². The molecule has 0 bridgehead atoms. The number of carbonyl (C=O) groups excluding carboxylic acids is 1. The van der Waals surface area contributed by atoms with Crippen molar-refractivity contribution in [1.82, 2.24) is 14.8 Å². The van der Waals surface area contributed by atoms with Gasteiger partial charge in [-0.05, 0) is 37.8 Å². The summed E-state index contributed by atoms with van der Waals surface area (Å²) < 4.78 is 37.7. The molecule has 2 fully saturated rings. The summed E-state index contributed by atoms with van der Waals surface area (Å²) in [5.74, 6) is -1.45. The molecule has 1 aliphatic carbocycles. The summed E-state index contributed by atoms with van der Waals surface area (Å²) in [6, 6.07) is 6.23. The maximum Gasteiger partial charge on any atom is 0.490 e. The van der Waals surface area contributed by atoms with Crippen molar-refractivity contribution in [3.05, 3.63) is 29.6 Å². The molecule has 1 aromatic heterocycles. The number of aromatic nitrogens is 1. The largest absolute Gasteiger partial charge is 0.490 e. The van der Waals surface area contributed by atoms with Crippen LogP contribution in [0.3, 0.4) is 0 Å². The zero-order valence-electron chi connectivity index (χ0n) is 18.1. The zero-order chi connectivity index (χ0) is 23.2. The SMILES string of the molecule is Cc1cccc(CN2C[C@H]3CCC[C@@H](OCC(=O)N(C)C)[C@@H]3C2)n1.O=C(O)C(F)(F)F. The second-order valence-electron chi connectivity index (χ2n) is 8.26. The summed E-state index contributed by atoms with van der Waals surface area (Å²) in [4.78, 5) is 29.4. The number of halogens is 3. The van der Waals surface area contributed by atoms with Crippen LogP contribution in [-0.2, 0) is 20.9 Å². The number of likely N-dealkylation sites (N-methyl/N-ethyl adjacent to an activating group) is 1. The van der Waals surface area contributed by atoms with Gasteiger partial charge in [0.1, 0.15) is 6.61 Å². The molecule has 0 spiro atoms. The van der Waals surface area contributed by atoms with Gasteiger partial charge >= 0.3 is 12.1 Å². The van der Waals surface area contributed by atoms with Gasteiger partial charge in [0.25, 0.3) is 0 Å². The summed E-state index contributed by atoms with van der Waals surface area (Å²) in [5.41, 5.74) is 2.22. The molecule has 3 rings (SSSR count). The van der Waals surface area contributed by atoms with Crippen LogP contribution >= 0.6 is 0 Å². The van der Waals surface area contributed by atoms with E-state index >= 15 is 0 Å². The van der Waals surface area contributed by atoms with Crippen LogP contribution in [0, 0.1) is 18.8 Å². The van der Waals surface area contributed by atoms with Crippen LogP contribution < -0.4 is 0 Å². The van der Waals surface area contributed by atoms with Crippen molar-refractivity contribution < 1.29 is 32.6 Å². The first-order chi connectivity index (χ1) is 14.5. The molecule has 1 aromatic rings. The van der Waals surface area contributed by atoms with E-state index in [-0.39, 0.29) is 18.6 Å². The van der Waals surface area contributed by atoms with Gasteiger partial charge in [-0.3, -0.25) is 14.7 Å². The summed E-state index contributed by atoms with van der Waals surface area (Å²) in [7, 11) is 3.56. The van der Waals surface area contributed by atoms with Gasteiger partial charge in [0, 0.05) is 45.3 Å². The normalized spacial score (nSPS) is 23.5. The van der Waals surface area contributed by atoms with Gasteiger partial charge < -0.3 is 14.7 Å². The van der Waals surface area contributed by atoms with E-state index in [9.17, 15) is 18.0 Å². The Bertz CT molecular complexity index is 758. The number of ether oxygens (including phenoxy) is 1. The minimum Gasteiger partial charge on any atom is -0.475 e. The number of alkyl halides is 3. The average Bonchev–Trinajstić information content (AvgIpc) is 3.08. The van der Waals surface area contributed by atoms with Crippen LogP contribution in [0.1, 0.15) is 30.7 Å². The van der Waals surface area contributed by atoms with Crippen molar-refractivity contribution >= 4 is 11.9 Å². The summed E-state index contributed by atoms with van der Waals surface area (Å²) in [6.07, 6.45) is -1.29. The number of carboxylic acids is 1. The fraction of sp³-hybridized carbons (Fsp3) is 0.667. The van der Waals surface area contributed by atoms with Gasteiger partial charge in [0.15, 0.2) is 0 Å². The number of nitrogens with zero attached hydrogens (tertiary/aromatic N) is 3.